The van der Waals surface area contributed by atoms with Crippen molar-refractivity contribution in [2.75, 3.05) is 14.2 Å². The molecule has 0 spiro atoms. The summed E-state index contributed by atoms with van der Waals surface area (Å²) in [6.45, 7) is -3.07. The molecule has 0 saturated carbocycles. The number of sulfonamides is 1. The van der Waals surface area contributed by atoms with Crippen LogP contribution in [0, 0.1) is 5.82 Å². The molecule has 25 heavy (non-hydrogen) atoms. The summed E-state index contributed by atoms with van der Waals surface area (Å²) in [6.07, 6.45) is 0. The molecular formula is C16H16F3NO4S. The monoisotopic (exact) mass is 375 g/mol. The van der Waals surface area contributed by atoms with Crippen molar-refractivity contribution in [3.63, 3.8) is 0 Å². The highest BCUT2D eigenvalue weighted by Crippen LogP contribution is 2.30. The van der Waals surface area contributed by atoms with Gasteiger partial charge in [-0.05, 0) is 35.9 Å². The predicted octanol–water partition coefficient (Wildman–Crippen LogP) is 3.26. The molecule has 136 valence electrons. The van der Waals surface area contributed by atoms with Crippen molar-refractivity contribution in [1.29, 1.82) is 0 Å². The average Bonchev–Trinajstić information content (AvgIpc) is 2.55. The van der Waals surface area contributed by atoms with Crippen LogP contribution < -0.4 is 9.47 Å². The first-order valence-corrected chi connectivity index (χ1v) is 8.51. The maximum Gasteiger partial charge on any atom is 0.387 e. The molecule has 0 unspecified atom stereocenters. The van der Waals surface area contributed by atoms with Crippen LogP contribution in [0.25, 0.3) is 0 Å². The van der Waals surface area contributed by atoms with Gasteiger partial charge in [0.2, 0.25) is 10.0 Å². The van der Waals surface area contributed by atoms with Crippen molar-refractivity contribution in [1.82, 2.24) is 4.31 Å². The largest absolute Gasteiger partial charge is 0.493 e. The van der Waals surface area contributed by atoms with E-state index in [9.17, 15) is 21.6 Å². The summed E-state index contributed by atoms with van der Waals surface area (Å²) in [5, 5.41) is 0. The number of nitrogens with zero attached hydrogens (tertiary/aromatic N) is 1. The SMILES string of the molecule is COc1cc(CN(C)S(=O)(=O)c2cccc(F)c2)ccc1OC(F)F. The number of hydrogen-bond donors (Lipinski definition) is 0. The maximum absolute atomic E-state index is 13.3. The fourth-order valence-electron chi connectivity index (χ4n) is 2.15. The molecule has 2 aromatic rings. The van der Waals surface area contributed by atoms with Gasteiger partial charge in [-0.3, -0.25) is 0 Å². The lowest BCUT2D eigenvalue weighted by atomic mass is 10.2. The number of ether oxygens (including phenoxy) is 2. The van der Waals surface area contributed by atoms with Gasteiger partial charge in [-0.2, -0.15) is 13.1 Å². The van der Waals surface area contributed by atoms with Gasteiger partial charge in [-0.25, -0.2) is 12.8 Å². The minimum Gasteiger partial charge on any atom is -0.493 e. The number of methoxy groups -OCH3 is 1. The molecule has 0 atom stereocenters. The zero-order valence-electron chi connectivity index (χ0n) is 13.4. The summed E-state index contributed by atoms with van der Waals surface area (Å²) in [5.41, 5.74) is 0.487. The van der Waals surface area contributed by atoms with Crippen LogP contribution in [0.1, 0.15) is 5.56 Å². The lowest BCUT2D eigenvalue weighted by molar-refractivity contribution is -0.0512. The van der Waals surface area contributed by atoms with E-state index in [4.69, 9.17) is 4.74 Å². The van der Waals surface area contributed by atoms with Crippen LogP contribution in [-0.2, 0) is 16.6 Å². The first kappa shape index (κ1) is 19.1. The zero-order valence-corrected chi connectivity index (χ0v) is 14.3. The molecule has 0 aliphatic heterocycles. The van der Waals surface area contributed by atoms with E-state index in [2.05, 4.69) is 4.74 Å². The van der Waals surface area contributed by atoms with Crippen molar-refractivity contribution in [3.8, 4) is 11.5 Å². The molecule has 0 bridgehead atoms. The van der Waals surface area contributed by atoms with Gasteiger partial charge in [-0.15, -0.1) is 0 Å². The van der Waals surface area contributed by atoms with Gasteiger partial charge in [-0.1, -0.05) is 12.1 Å². The highest BCUT2D eigenvalue weighted by molar-refractivity contribution is 7.89. The van der Waals surface area contributed by atoms with Crippen molar-refractivity contribution >= 4 is 10.0 Å². The van der Waals surface area contributed by atoms with Gasteiger partial charge >= 0.3 is 6.61 Å². The first-order chi connectivity index (χ1) is 11.7. The standard InChI is InChI=1S/C16H16F3NO4S/c1-20(25(21,22)13-5-3-4-12(17)9-13)10-11-6-7-14(24-16(18)19)15(8-11)23-2/h3-9,16H,10H2,1-2H3. The van der Waals surface area contributed by atoms with Gasteiger partial charge < -0.3 is 9.47 Å². The third-order valence-corrected chi connectivity index (χ3v) is 5.15. The van der Waals surface area contributed by atoms with Crippen molar-refractivity contribution < 1.29 is 31.1 Å². The van der Waals surface area contributed by atoms with Gasteiger partial charge in [0.05, 0.1) is 12.0 Å². The van der Waals surface area contributed by atoms with Crippen LogP contribution in [0.15, 0.2) is 47.4 Å². The maximum atomic E-state index is 13.3. The smallest absolute Gasteiger partial charge is 0.387 e. The third kappa shape index (κ3) is 4.64. The number of hydrogen-bond acceptors (Lipinski definition) is 4. The number of halogens is 3. The summed E-state index contributed by atoms with van der Waals surface area (Å²) in [5.74, 6) is -0.768. The lowest BCUT2D eigenvalue weighted by Crippen LogP contribution is -2.26. The molecule has 5 nitrogen and oxygen atoms in total. The van der Waals surface area contributed by atoms with Crippen LogP contribution in [0.3, 0.4) is 0 Å². The molecule has 0 amide bonds. The Hall–Kier alpha value is -2.26. The summed E-state index contributed by atoms with van der Waals surface area (Å²) in [6, 6.07) is 8.76. The molecule has 0 aliphatic rings. The van der Waals surface area contributed by atoms with Crippen molar-refractivity contribution in [2.24, 2.45) is 0 Å². The molecule has 0 aliphatic carbocycles. The van der Waals surface area contributed by atoms with E-state index in [0.717, 1.165) is 16.4 Å². The zero-order chi connectivity index (χ0) is 18.6. The Morgan fingerprint density at radius 1 is 1.12 bits per heavy atom. The number of benzene rings is 2. The van der Waals surface area contributed by atoms with E-state index in [1.807, 2.05) is 0 Å². The van der Waals surface area contributed by atoms with Crippen LogP contribution in [0.5, 0.6) is 11.5 Å². The molecule has 2 rings (SSSR count). The highest BCUT2D eigenvalue weighted by Gasteiger charge is 2.22. The summed E-state index contributed by atoms with van der Waals surface area (Å²) in [4.78, 5) is -0.181. The van der Waals surface area contributed by atoms with E-state index >= 15 is 0 Å². The normalized spacial score (nSPS) is 11.8. The Morgan fingerprint density at radius 3 is 2.44 bits per heavy atom. The first-order valence-electron chi connectivity index (χ1n) is 7.07. The topological polar surface area (TPSA) is 55.8 Å². The van der Waals surface area contributed by atoms with Crippen LogP contribution in [0.4, 0.5) is 13.2 Å². The molecule has 9 heteroatoms. The fraction of sp³-hybridized carbons (Fsp3) is 0.250. The molecule has 0 fully saturated rings. The van der Waals surface area contributed by atoms with E-state index in [1.54, 1.807) is 0 Å². The lowest BCUT2D eigenvalue weighted by Gasteiger charge is -2.18. The Kier molecular flexibility index (Phi) is 5.91. The second-order valence-electron chi connectivity index (χ2n) is 5.08. The molecule has 2 aromatic carbocycles. The van der Waals surface area contributed by atoms with Crippen LogP contribution >= 0.6 is 0 Å². The Labute approximate surface area is 143 Å². The van der Waals surface area contributed by atoms with E-state index < -0.39 is 22.5 Å². The minimum absolute atomic E-state index is 0.0503. The molecule has 0 radical (unpaired) electrons. The fourth-order valence-corrected chi connectivity index (χ4v) is 3.34. The second kappa shape index (κ2) is 7.75. The number of rotatable bonds is 7. The van der Waals surface area contributed by atoms with Crippen molar-refractivity contribution in [2.45, 2.75) is 18.1 Å². The van der Waals surface area contributed by atoms with Gasteiger partial charge in [0.1, 0.15) is 5.82 Å². The van der Waals surface area contributed by atoms with E-state index in [-0.39, 0.29) is 22.9 Å². The van der Waals surface area contributed by atoms with Crippen molar-refractivity contribution in [3.05, 3.63) is 53.8 Å². The van der Waals surface area contributed by atoms with Gasteiger partial charge in [0.15, 0.2) is 11.5 Å². The molecule has 0 aromatic heterocycles. The predicted molar refractivity (Wildman–Crippen MR) is 84.7 cm³/mol. The van der Waals surface area contributed by atoms with Crippen LogP contribution in [0.2, 0.25) is 0 Å². The van der Waals surface area contributed by atoms with Gasteiger partial charge in [0, 0.05) is 13.6 Å². The van der Waals surface area contributed by atoms with E-state index in [0.29, 0.717) is 5.56 Å². The third-order valence-electron chi connectivity index (χ3n) is 3.35. The number of alkyl halides is 2. The Bertz CT molecular complexity index is 843. The van der Waals surface area contributed by atoms with Crippen LogP contribution in [-0.4, -0.2) is 33.5 Å². The minimum atomic E-state index is -3.91. The second-order valence-corrected chi connectivity index (χ2v) is 7.13. The van der Waals surface area contributed by atoms with E-state index in [1.165, 1.54) is 44.5 Å². The Morgan fingerprint density at radius 2 is 1.84 bits per heavy atom. The Balaban J connectivity index is 2.23. The molecule has 0 N–H and O–H groups in total. The quantitative estimate of drug-likeness (QED) is 0.746. The highest BCUT2D eigenvalue weighted by atomic mass is 32.2. The summed E-state index contributed by atoms with van der Waals surface area (Å²) < 4.78 is 73.1. The molecular weight excluding hydrogens is 359 g/mol. The summed E-state index contributed by atoms with van der Waals surface area (Å²) in [7, 11) is -1.30. The summed E-state index contributed by atoms with van der Waals surface area (Å²) >= 11 is 0. The molecule has 0 heterocycles. The van der Waals surface area contributed by atoms with Gasteiger partial charge in [0.25, 0.3) is 0 Å². The average molecular weight is 375 g/mol. The molecule has 0 saturated heterocycles.